The standard InChI is InChI=1S/C27H26ClN3O4/c28-22-8-6-21(7-9-22)25-18-27(35-30-25)14-16-31(17-15-27)34-26(32)29-23-10-12-24(13-11-23)33-19-20-4-2-1-3-5-20/h1-13H,14-19H2,(H,29,32). The molecule has 2 heterocycles. The molecule has 8 heteroatoms. The van der Waals surface area contributed by atoms with Gasteiger partial charge >= 0.3 is 6.09 Å². The molecule has 1 spiro atoms. The van der Waals surface area contributed by atoms with Gasteiger partial charge in [-0.05, 0) is 47.5 Å². The quantitative estimate of drug-likeness (QED) is 0.455. The predicted molar refractivity (Wildman–Crippen MR) is 135 cm³/mol. The summed E-state index contributed by atoms with van der Waals surface area (Å²) in [6, 6.07) is 24.8. The van der Waals surface area contributed by atoms with E-state index < -0.39 is 6.09 Å². The molecule has 7 nitrogen and oxygen atoms in total. The molecule has 1 N–H and O–H groups in total. The SMILES string of the molecule is O=C(Nc1ccc(OCc2ccccc2)cc1)ON1CCC2(CC1)CC(c1ccc(Cl)cc1)=NO2. The maximum atomic E-state index is 12.4. The molecule has 35 heavy (non-hydrogen) atoms. The molecule has 0 unspecified atom stereocenters. The Morgan fingerprint density at radius 2 is 1.71 bits per heavy atom. The highest BCUT2D eigenvalue weighted by molar-refractivity contribution is 6.30. The normalized spacial score (nSPS) is 16.9. The van der Waals surface area contributed by atoms with Crippen LogP contribution in [0.1, 0.15) is 30.4 Å². The van der Waals surface area contributed by atoms with Gasteiger partial charge in [-0.3, -0.25) is 5.32 Å². The monoisotopic (exact) mass is 491 g/mol. The molecular weight excluding hydrogens is 466 g/mol. The maximum absolute atomic E-state index is 12.4. The molecule has 0 aromatic heterocycles. The van der Waals surface area contributed by atoms with Crippen molar-refractivity contribution >= 4 is 29.1 Å². The third kappa shape index (κ3) is 5.93. The Morgan fingerprint density at radius 3 is 2.43 bits per heavy atom. The summed E-state index contributed by atoms with van der Waals surface area (Å²) in [7, 11) is 0. The van der Waals surface area contributed by atoms with E-state index in [1.54, 1.807) is 17.2 Å². The first-order valence-electron chi connectivity index (χ1n) is 11.6. The molecule has 0 aliphatic carbocycles. The lowest BCUT2D eigenvalue weighted by Crippen LogP contribution is -2.45. The van der Waals surface area contributed by atoms with Gasteiger partial charge in [0.05, 0.1) is 5.71 Å². The van der Waals surface area contributed by atoms with Crippen molar-refractivity contribution in [1.82, 2.24) is 5.06 Å². The van der Waals surface area contributed by atoms with Crippen LogP contribution in [0.15, 0.2) is 84.0 Å². The number of nitrogens with zero attached hydrogens (tertiary/aromatic N) is 2. The minimum Gasteiger partial charge on any atom is -0.489 e. The molecule has 5 rings (SSSR count). The van der Waals surface area contributed by atoms with Gasteiger partial charge < -0.3 is 14.4 Å². The molecular formula is C27H26ClN3O4. The molecule has 1 fully saturated rings. The fraction of sp³-hybridized carbons (Fsp3) is 0.259. The van der Waals surface area contributed by atoms with E-state index in [1.807, 2.05) is 66.7 Å². The number of carbonyl (C=O) groups is 1. The number of ether oxygens (including phenoxy) is 1. The number of hydrogen-bond donors (Lipinski definition) is 1. The van der Waals surface area contributed by atoms with Crippen molar-refractivity contribution in [3.63, 3.8) is 0 Å². The lowest BCUT2D eigenvalue weighted by molar-refractivity contribution is -0.154. The Balaban J connectivity index is 1.06. The van der Waals surface area contributed by atoms with Crippen LogP contribution >= 0.6 is 11.6 Å². The topological polar surface area (TPSA) is 72.4 Å². The fourth-order valence-corrected chi connectivity index (χ4v) is 4.33. The average Bonchev–Trinajstić information content (AvgIpc) is 3.30. The molecule has 0 atom stereocenters. The highest BCUT2D eigenvalue weighted by atomic mass is 35.5. The Labute approximate surface area is 209 Å². The first kappa shape index (κ1) is 23.2. The highest BCUT2D eigenvalue weighted by Crippen LogP contribution is 2.36. The van der Waals surface area contributed by atoms with Crippen molar-refractivity contribution in [3.05, 3.63) is 95.0 Å². The van der Waals surface area contributed by atoms with E-state index in [0.29, 0.717) is 43.2 Å². The average molecular weight is 492 g/mol. The number of carbonyl (C=O) groups excluding carboxylic acids is 1. The summed E-state index contributed by atoms with van der Waals surface area (Å²) < 4.78 is 5.78. The molecule has 0 saturated carbocycles. The van der Waals surface area contributed by atoms with Crippen LogP contribution in [0.5, 0.6) is 5.75 Å². The highest BCUT2D eigenvalue weighted by Gasteiger charge is 2.43. The second-order valence-corrected chi connectivity index (χ2v) is 9.16. The van der Waals surface area contributed by atoms with Crippen LogP contribution in [0.4, 0.5) is 10.5 Å². The van der Waals surface area contributed by atoms with Gasteiger partial charge in [-0.2, -0.15) is 0 Å². The number of hydroxylamine groups is 2. The van der Waals surface area contributed by atoms with Crippen LogP contribution in [-0.4, -0.2) is 35.6 Å². The Morgan fingerprint density at radius 1 is 1.00 bits per heavy atom. The van der Waals surface area contributed by atoms with Gasteiger partial charge in [-0.25, -0.2) is 4.79 Å². The molecule has 2 aliphatic heterocycles. The Hall–Kier alpha value is -3.55. The molecule has 3 aromatic carbocycles. The Bertz CT molecular complexity index is 1180. The van der Waals surface area contributed by atoms with E-state index in [0.717, 1.165) is 29.0 Å². The summed E-state index contributed by atoms with van der Waals surface area (Å²) in [6.45, 7) is 1.63. The number of piperidine rings is 1. The van der Waals surface area contributed by atoms with Crippen molar-refractivity contribution in [3.8, 4) is 5.75 Å². The van der Waals surface area contributed by atoms with Gasteiger partial charge in [0.25, 0.3) is 0 Å². The summed E-state index contributed by atoms with van der Waals surface area (Å²) in [6.07, 6.45) is 1.64. The van der Waals surface area contributed by atoms with Crippen LogP contribution in [0.25, 0.3) is 0 Å². The maximum Gasteiger partial charge on any atom is 0.430 e. The number of oxime groups is 1. The number of halogens is 1. The van der Waals surface area contributed by atoms with Crippen molar-refractivity contribution in [1.29, 1.82) is 0 Å². The van der Waals surface area contributed by atoms with Gasteiger partial charge in [0.1, 0.15) is 18.0 Å². The van der Waals surface area contributed by atoms with Crippen molar-refractivity contribution in [2.45, 2.75) is 31.5 Å². The van der Waals surface area contributed by atoms with Crippen LogP contribution in [0.3, 0.4) is 0 Å². The van der Waals surface area contributed by atoms with E-state index in [9.17, 15) is 4.79 Å². The Kier molecular flexibility index (Phi) is 6.88. The molecule has 1 saturated heterocycles. The number of nitrogens with one attached hydrogen (secondary N) is 1. The van der Waals surface area contributed by atoms with Gasteiger partial charge in [0.2, 0.25) is 0 Å². The minimum atomic E-state index is -0.524. The van der Waals surface area contributed by atoms with Gasteiger partial charge in [0.15, 0.2) is 0 Å². The molecule has 2 aliphatic rings. The number of hydrogen-bond acceptors (Lipinski definition) is 6. The van der Waals surface area contributed by atoms with Gasteiger partial charge in [-0.15, -0.1) is 5.06 Å². The van der Waals surface area contributed by atoms with E-state index in [4.69, 9.17) is 26.0 Å². The fourth-order valence-electron chi connectivity index (χ4n) is 4.21. The van der Waals surface area contributed by atoms with Crippen molar-refractivity contribution in [2.24, 2.45) is 5.16 Å². The van der Waals surface area contributed by atoms with E-state index in [1.165, 1.54) is 0 Å². The zero-order valence-corrected chi connectivity index (χ0v) is 19.9. The predicted octanol–water partition coefficient (Wildman–Crippen LogP) is 6.04. The summed E-state index contributed by atoms with van der Waals surface area (Å²) in [5.74, 6) is 0.728. The van der Waals surface area contributed by atoms with E-state index >= 15 is 0 Å². The summed E-state index contributed by atoms with van der Waals surface area (Å²) in [5.41, 5.74) is 3.32. The summed E-state index contributed by atoms with van der Waals surface area (Å²) in [5, 5.41) is 9.44. The number of rotatable bonds is 6. The molecule has 0 bridgehead atoms. The number of anilines is 1. The molecule has 1 amide bonds. The largest absolute Gasteiger partial charge is 0.489 e. The second-order valence-electron chi connectivity index (χ2n) is 8.73. The first-order valence-corrected chi connectivity index (χ1v) is 12.0. The molecule has 0 radical (unpaired) electrons. The van der Waals surface area contributed by atoms with E-state index in [-0.39, 0.29) is 5.60 Å². The lowest BCUT2D eigenvalue weighted by Gasteiger charge is -2.35. The second kappa shape index (κ2) is 10.4. The van der Waals surface area contributed by atoms with Crippen LogP contribution in [0.2, 0.25) is 5.02 Å². The zero-order valence-electron chi connectivity index (χ0n) is 19.2. The zero-order chi connectivity index (χ0) is 24.1. The first-order chi connectivity index (χ1) is 17.1. The van der Waals surface area contributed by atoms with Gasteiger partial charge in [0, 0.05) is 43.1 Å². The van der Waals surface area contributed by atoms with Crippen LogP contribution in [-0.2, 0) is 16.3 Å². The van der Waals surface area contributed by atoms with Gasteiger partial charge in [-0.1, -0.05) is 59.2 Å². The molecule has 3 aromatic rings. The third-order valence-electron chi connectivity index (χ3n) is 6.21. The van der Waals surface area contributed by atoms with E-state index in [2.05, 4.69) is 10.5 Å². The summed E-state index contributed by atoms with van der Waals surface area (Å²) in [4.78, 5) is 23.7. The van der Waals surface area contributed by atoms with Crippen LogP contribution < -0.4 is 10.1 Å². The van der Waals surface area contributed by atoms with Crippen molar-refractivity contribution in [2.75, 3.05) is 18.4 Å². The minimum absolute atomic E-state index is 0.346. The smallest absolute Gasteiger partial charge is 0.430 e. The lowest BCUT2D eigenvalue weighted by atomic mass is 9.86. The number of benzene rings is 3. The molecule has 180 valence electrons. The van der Waals surface area contributed by atoms with Crippen molar-refractivity contribution < 1.29 is 19.2 Å². The number of amides is 1. The van der Waals surface area contributed by atoms with Crippen LogP contribution in [0, 0.1) is 0 Å². The third-order valence-corrected chi connectivity index (χ3v) is 6.46. The summed E-state index contributed by atoms with van der Waals surface area (Å²) >= 11 is 5.98.